The lowest BCUT2D eigenvalue weighted by molar-refractivity contribution is 0.0700. The maximum absolute atomic E-state index is 11.3. The average Bonchev–Trinajstić information content (AvgIpc) is 2.85. The summed E-state index contributed by atoms with van der Waals surface area (Å²) in [6, 6.07) is 8.12. The van der Waals surface area contributed by atoms with Gasteiger partial charge >= 0.3 is 5.97 Å². The highest BCUT2D eigenvalue weighted by Gasteiger charge is 2.20. The molecule has 0 saturated heterocycles. The third-order valence-corrected chi connectivity index (χ3v) is 4.81. The van der Waals surface area contributed by atoms with Crippen LogP contribution < -0.4 is 0 Å². The Kier molecular flexibility index (Phi) is 4.83. The molecule has 0 aliphatic heterocycles. The van der Waals surface area contributed by atoms with E-state index >= 15 is 0 Å². The molecule has 20 heavy (non-hydrogen) atoms. The van der Waals surface area contributed by atoms with E-state index in [1.807, 2.05) is 26.0 Å². The normalized spacial score (nSPS) is 11.0. The molecule has 2 aromatic rings. The number of thioether (sulfide) groups is 1. The van der Waals surface area contributed by atoms with Gasteiger partial charge < -0.3 is 5.11 Å². The lowest BCUT2D eigenvalue weighted by Gasteiger charge is -2.01. The van der Waals surface area contributed by atoms with Crippen molar-refractivity contribution in [3.05, 3.63) is 34.8 Å². The van der Waals surface area contributed by atoms with Crippen LogP contribution in [0.1, 0.15) is 42.1 Å². The van der Waals surface area contributed by atoms with E-state index in [1.165, 1.54) is 16.2 Å². The van der Waals surface area contributed by atoms with Gasteiger partial charge in [0.2, 0.25) is 0 Å². The van der Waals surface area contributed by atoms with Gasteiger partial charge in [0.05, 0.1) is 5.69 Å². The molecule has 0 aliphatic carbocycles. The number of aromatic nitrogens is 1. The number of hydrogen-bond acceptors (Lipinski definition) is 4. The smallest absolute Gasteiger partial charge is 0.347 e. The maximum atomic E-state index is 11.3. The maximum Gasteiger partial charge on any atom is 0.347 e. The van der Waals surface area contributed by atoms with E-state index in [2.05, 4.69) is 24.0 Å². The molecule has 3 nitrogen and oxygen atoms in total. The van der Waals surface area contributed by atoms with E-state index in [0.29, 0.717) is 10.6 Å². The Balaban J connectivity index is 2.37. The molecule has 5 heteroatoms. The summed E-state index contributed by atoms with van der Waals surface area (Å²) in [6.45, 7) is 6.05. The van der Waals surface area contributed by atoms with Crippen molar-refractivity contribution in [1.82, 2.24) is 4.98 Å². The fraction of sp³-hybridized carbons (Fsp3) is 0.333. The summed E-state index contributed by atoms with van der Waals surface area (Å²) in [4.78, 5) is 17.4. The number of carboxylic acid groups (broad SMARTS) is 1. The SMILES string of the molecule is CCSc1ccc(-c2nc(C(C)C)c(C(=O)O)s2)cc1. The highest BCUT2D eigenvalue weighted by molar-refractivity contribution is 7.99. The van der Waals surface area contributed by atoms with Crippen molar-refractivity contribution in [3.8, 4) is 10.6 Å². The van der Waals surface area contributed by atoms with E-state index in [1.54, 1.807) is 11.8 Å². The average molecular weight is 307 g/mol. The Morgan fingerprint density at radius 1 is 1.35 bits per heavy atom. The number of benzene rings is 1. The Labute approximate surface area is 127 Å². The molecule has 106 valence electrons. The Morgan fingerprint density at radius 3 is 2.45 bits per heavy atom. The molecule has 0 unspecified atom stereocenters. The second kappa shape index (κ2) is 6.41. The van der Waals surface area contributed by atoms with Crippen molar-refractivity contribution in [1.29, 1.82) is 0 Å². The number of hydrogen-bond donors (Lipinski definition) is 1. The molecule has 0 bridgehead atoms. The molecule has 1 aromatic carbocycles. The third-order valence-electron chi connectivity index (χ3n) is 2.81. The van der Waals surface area contributed by atoms with Gasteiger partial charge in [-0.15, -0.1) is 23.1 Å². The third kappa shape index (κ3) is 3.22. The zero-order chi connectivity index (χ0) is 14.7. The molecule has 2 rings (SSSR count). The first-order chi connectivity index (χ1) is 9.52. The first-order valence-corrected chi connectivity index (χ1v) is 8.30. The molecule has 0 amide bonds. The van der Waals surface area contributed by atoms with E-state index in [4.69, 9.17) is 0 Å². The predicted molar refractivity (Wildman–Crippen MR) is 85.0 cm³/mol. The van der Waals surface area contributed by atoms with Gasteiger partial charge in [-0.05, 0) is 23.8 Å². The van der Waals surface area contributed by atoms with Crippen molar-refractivity contribution >= 4 is 29.1 Å². The summed E-state index contributed by atoms with van der Waals surface area (Å²) in [5, 5.41) is 10.0. The minimum absolute atomic E-state index is 0.112. The molecular formula is C15H17NO2S2. The molecule has 1 N–H and O–H groups in total. The summed E-state index contributed by atoms with van der Waals surface area (Å²) in [5.41, 5.74) is 1.65. The summed E-state index contributed by atoms with van der Waals surface area (Å²) < 4.78 is 0. The predicted octanol–water partition coefficient (Wildman–Crippen LogP) is 4.74. The van der Waals surface area contributed by atoms with Crippen LogP contribution in [0, 0.1) is 0 Å². The van der Waals surface area contributed by atoms with Crippen LogP contribution in [0.3, 0.4) is 0 Å². The first kappa shape index (κ1) is 15.1. The highest BCUT2D eigenvalue weighted by Crippen LogP contribution is 2.32. The minimum Gasteiger partial charge on any atom is -0.477 e. The van der Waals surface area contributed by atoms with Gasteiger partial charge in [-0.3, -0.25) is 0 Å². The number of carbonyl (C=O) groups is 1. The Morgan fingerprint density at radius 2 is 2.00 bits per heavy atom. The fourth-order valence-corrected chi connectivity index (χ4v) is 3.59. The summed E-state index contributed by atoms with van der Waals surface area (Å²) in [6.07, 6.45) is 0. The second-order valence-corrected chi connectivity index (χ2v) is 6.99. The molecule has 0 atom stereocenters. The number of rotatable bonds is 5. The fourth-order valence-electron chi connectivity index (χ4n) is 1.86. The second-order valence-electron chi connectivity index (χ2n) is 4.65. The van der Waals surface area contributed by atoms with Gasteiger partial charge in [-0.2, -0.15) is 0 Å². The molecule has 0 radical (unpaired) electrons. The Hall–Kier alpha value is -1.33. The van der Waals surface area contributed by atoms with E-state index in [-0.39, 0.29) is 5.92 Å². The van der Waals surface area contributed by atoms with Crippen LogP contribution in [0.15, 0.2) is 29.2 Å². The molecule has 0 spiro atoms. The van der Waals surface area contributed by atoms with Crippen LogP contribution in [-0.2, 0) is 0 Å². The van der Waals surface area contributed by atoms with Gasteiger partial charge in [0.15, 0.2) is 0 Å². The van der Waals surface area contributed by atoms with E-state index in [9.17, 15) is 9.90 Å². The molecule has 0 fully saturated rings. The van der Waals surface area contributed by atoms with Crippen molar-refractivity contribution in [2.75, 3.05) is 5.75 Å². The van der Waals surface area contributed by atoms with Gasteiger partial charge in [0.1, 0.15) is 9.88 Å². The number of aromatic carboxylic acids is 1. The van der Waals surface area contributed by atoms with E-state index < -0.39 is 5.97 Å². The summed E-state index contributed by atoms with van der Waals surface area (Å²) in [5.74, 6) is 0.258. The van der Waals surface area contributed by atoms with Crippen LogP contribution in [0.2, 0.25) is 0 Å². The van der Waals surface area contributed by atoms with Crippen LogP contribution in [-0.4, -0.2) is 21.8 Å². The topological polar surface area (TPSA) is 50.2 Å². The number of carboxylic acids is 1. The summed E-state index contributed by atoms with van der Waals surface area (Å²) in [7, 11) is 0. The molecule has 1 aromatic heterocycles. The number of nitrogens with zero attached hydrogens (tertiary/aromatic N) is 1. The molecule has 0 saturated carbocycles. The van der Waals surface area contributed by atoms with Gasteiger partial charge in [0.25, 0.3) is 0 Å². The van der Waals surface area contributed by atoms with Crippen molar-refractivity contribution < 1.29 is 9.90 Å². The minimum atomic E-state index is -0.893. The zero-order valence-electron chi connectivity index (χ0n) is 11.7. The van der Waals surface area contributed by atoms with Crippen LogP contribution in [0.5, 0.6) is 0 Å². The lowest BCUT2D eigenvalue weighted by Crippen LogP contribution is -2.00. The monoisotopic (exact) mass is 307 g/mol. The van der Waals surface area contributed by atoms with Gasteiger partial charge in [-0.25, -0.2) is 9.78 Å². The number of thiazole rings is 1. The molecule has 1 heterocycles. The van der Waals surface area contributed by atoms with Gasteiger partial charge in [-0.1, -0.05) is 32.9 Å². The van der Waals surface area contributed by atoms with Crippen LogP contribution >= 0.6 is 23.1 Å². The van der Waals surface area contributed by atoms with Crippen LogP contribution in [0.4, 0.5) is 0 Å². The first-order valence-electron chi connectivity index (χ1n) is 6.50. The quantitative estimate of drug-likeness (QED) is 0.810. The molecule has 0 aliphatic rings. The standard InChI is InChI=1S/C15H17NO2S2/c1-4-19-11-7-5-10(6-8-11)14-16-12(9(2)3)13(20-14)15(17)18/h5-9H,4H2,1-3H3,(H,17,18). The van der Waals surface area contributed by atoms with Gasteiger partial charge in [0, 0.05) is 10.5 Å². The van der Waals surface area contributed by atoms with Crippen LogP contribution in [0.25, 0.3) is 10.6 Å². The Bertz CT molecular complexity index is 603. The summed E-state index contributed by atoms with van der Waals surface area (Å²) >= 11 is 3.04. The highest BCUT2D eigenvalue weighted by atomic mass is 32.2. The van der Waals surface area contributed by atoms with Crippen molar-refractivity contribution in [2.24, 2.45) is 0 Å². The largest absolute Gasteiger partial charge is 0.477 e. The van der Waals surface area contributed by atoms with E-state index in [0.717, 1.165) is 16.3 Å². The van der Waals surface area contributed by atoms with Crippen molar-refractivity contribution in [2.45, 2.75) is 31.6 Å². The lowest BCUT2D eigenvalue weighted by atomic mass is 10.1. The van der Waals surface area contributed by atoms with Crippen molar-refractivity contribution in [3.63, 3.8) is 0 Å². The zero-order valence-corrected chi connectivity index (χ0v) is 13.3. The molecular weight excluding hydrogens is 290 g/mol.